The van der Waals surface area contributed by atoms with Gasteiger partial charge in [0.25, 0.3) is 0 Å². The van der Waals surface area contributed by atoms with Gasteiger partial charge in [-0.15, -0.1) is 0 Å². The standard InChI is InChI=1S/C16H32BrNO/c1-3-4-5-6-7-8-9-12-15-18(2)16(19)13-10-11-14-17/h3-15H2,1-2H3. The maximum atomic E-state index is 11.8. The molecule has 0 aliphatic heterocycles. The van der Waals surface area contributed by atoms with E-state index in [1.165, 1.54) is 44.9 Å². The van der Waals surface area contributed by atoms with Gasteiger partial charge >= 0.3 is 0 Å². The average Bonchev–Trinajstić information content (AvgIpc) is 2.41. The second-order valence-corrected chi connectivity index (χ2v) is 6.23. The molecule has 0 bridgehead atoms. The molecule has 1 amide bonds. The number of amides is 1. The van der Waals surface area contributed by atoms with E-state index in [1.54, 1.807) is 0 Å². The molecule has 0 saturated carbocycles. The summed E-state index contributed by atoms with van der Waals surface area (Å²) in [5.41, 5.74) is 0. The van der Waals surface area contributed by atoms with Crippen molar-refractivity contribution in [2.45, 2.75) is 77.6 Å². The van der Waals surface area contributed by atoms with Gasteiger partial charge in [-0.2, -0.15) is 0 Å². The van der Waals surface area contributed by atoms with Crippen LogP contribution in [0, 0.1) is 0 Å². The zero-order chi connectivity index (χ0) is 14.3. The fourth-order valence-electron chi connectivity index (χ4n) is 2.17. The topological polar surface area (TPSA) is 20.3 Å². The molecule has 0 saturated heterocycles. The Balaban J connectivity index is 3.32. The van der Waals surface area contributed by atoms with Gasteiger partial charge in [0.05, 0.1) is 0 Å². The fraction of sp³-hybridized carbons (Fsp3) is 0.938. The number of hydrogen-bond donors (Lipinski definition) is 0. The first kappa shape index (κ1) is 18.9. The molecule has 19 heavy (non-hydrogen) atoms. The van der Waals surface area contributed by atoms with Crippen molar-refractivity contribution in [3.8, 4) is 0 Å². The Labute approximate surface area is 128 Å². The van der Waals surface area contributed by atoms with Crippen molar-refractivity contribution in [2.24, 2.45) is 0 Å². The first-order valence-electron chi connectivity index (χ1n) is 8.02. The lowest BCUT2D eigenvalue weighted by atomic mass is 10.1. The van der Waals surface area contributed by atoms with Crippen LogP contribution in [0.1, 0.15) is 77.6 Å². The van der Waals surface area contributed by atoms with Crippen LogP contribution in [0.5, 0.6) is 0 Å². The Morgan fingerprint density at radius 1 is 0.895 bits per heavy atom. The minimum atomic E-state index is 0.309. The minimum absolute atomic E-state index is 0.309. The van der Waals surface area contributed by atoms with Gasteiger partial charge < -0.3 is 4.90 Å². The molecule has 0 aromatic heterocycles. The number of hydrogen-bond acceptors (Lipinski definition) is 1. The molecular weight excluding hydrogens is 302 g/mol. The Kier molecular flexibility index (Phi) is 14.3. The van der Waals surface area contributed by atoms with Gasteiger partial charge in [0.2, 0.25) is 5.91 Å². The highest BCUT2D eigenvalue weighted by Gasteiger charge is 2.07. The lowest BCUT2D eigenvalue weighted by Gasteiger charge is -2.16. The van der Waals surface area contributed by atoms with Crippen LogP contribution in [0.3, 0.4) is 0 Å². The van der Waals surface area contributed by atoms with Gasteiger partial charge in [-0.05, 0) is 19.3 Å². The van der Waals surface area contributed by atoms with Crippen LogP contribution in [-0.4, -0.2) is 29.7 Å². The molecule has 0 rings (SSSR count). The largest absolute Gasteiger partial charge is 0.346 e. The molecule has 0 aromatic carbocycles. The average molecular weight is 334 g/mol. The summed E-state index contributed by atoms with van der Waals surface area (Å²) in [6, 6.07) is 0. The molecule has 0 N–H and O–H groups in total. The van der Waals surface area contributed by atoms with Gasteiger partial charge in [-0.25, -0.2) is 0 Å². The van der Waals surface area contributed by atoms with Crippen LogP contribution in [0.2, 0.25) is 0 Å². The third-order valence-corrected chi connectivity index (χ3v) is 4.11. The summed E-state index contributed by atoms with van der Waals surface area (Å²) in [4.78, 5) is 13.7. The van der Waals surface area contributed by atoms with Gasteiger partial charge in [-0.1, -0.05) is 67.8 Å². The Morgan fingerprint density at radius 2 is 1.47 bits per heavy atom. The van der Waals surface area contributed by atoms with Crippen molar-refractivity contribution in [1.29, 1.82) is 0 Å². The molecule has 0 heterocycles. The van der Waals surface area contributed by atoms with Crippen LogP contribution in [0.25, 0.3) is 0 Å². The predicted molar refractivity (Wildman–Crippen MR) is 87.9 cm³/mol. The van der Waals surface area contributed by atoms with Crippen molar-refractivity contribution in [3.05, 3.63) is 0 Å². The molecule has 0 aliphatic rings. The lowest BCUT2D eigenvalue weighted by molar-refractivity contribution is -0.130. The number of alkyl halides is 1. The molecule has 0 atom stereocenters. The van der Waals surface area contributed by atoms with Gasteiger partial charge in [-0.3, -0.25) is 4.79 Å². The molecule has 0 spiro atoms. The number of rotatable bonds is 13. The van der Waals surface area contributed by atoms with E-state index in [-0.39, 0.29) is 0 Å². The summed E-state index contributed by atoms with van der Waals surface area (Å²) in [7, 11) is 1.94. The number of unbranched alkanes of at least 4 members (excludes halogenated alkanes) is 8. The highest BCUT2D eigenvalue weighted by Crippen LogP contribution is 2.09. The first-order valence-corrected chi connectivity index (χ1v) is 9.14. The summed E-state index contributed by atoms with van der Waals surface area (Å²) < 4.78 is 0. The maximum Gasteiger partial charge on any atom is 0.222 e. The molecular formula is C16H32BrNO. The van der Waals surface area contributed by atoms with Crippen molar-refractivity contribution in [1.82, 2.24) is 4.90 Å². The van der Waals surface area contributed by atoms with E-state index in [0.29, 0.717) is 12.3 Å². The molecule has 3 heteroatoms. The van der Waals surface area contributed by atoms with Gasteiger partial charge in [0, 0.05) is 25.3 Å². The maximum absolute atomic E-state index is 11.8. The Bertz CT molecular complexity index is 209. The van der Waals surface area contributed by atoms with E-state index >= 15 is 0 Å². The Morgan fingerprint density at radius 3 is 2.05 bits per heavy atom. The summed E-state index contributed by atoms with van der Waals surface area (Å²) in [5.74, 6) is 0.309. The number of halogens is 1. The number of carbonyl (C=O) groups excluding carboxylic acids is 1. The van der Waals surface area contributed by atoms with E-state index in [1.807, 2.05) is 11.9 Å². The molecule has 0 radical (unpaired) electrons. The normalized spacial score (nSPS) is 10.7. The third kappa shape index (κ3) is 12.7. The Hall–Kier alpha value is -0.0500. The minimum Gasteiger partial charge on any atom is -0.346 e. The number of nitrogens with zero attached hydrogens (tertiary/aromatic N) is 1. The van der Waals surface area contributed by atoms with Crippen molar-refractivity contribution in [2.75, 3.05) is 18.9 Å². The van der Waals surface area contributed by atoms with Gasteiger partial charge in [0.15, 0.2) is 0 Å². The second kappa shape index (κ2) is 14.4. The predicted octanol–water partition coefficient (Wildman–Crippen LogP) is 5.15. The van der Waals surface area contributed by atoms with E-state index in [2.05, 4.69) is 22.9 Å². The highest BCUT2D eigenvalue weighted by atomic mass is 79.9. The van der Waals surface area contributed by atoms with Crippen molar-refractivity contribution < 1.29 is 4.79 Å². The van der Waals surface area contributed by atoms with E-state index in [4.69, 9.17) is 0 Å². The molecule has 0 unspecified atom stereocenters. The monoisotopic (exact) mass is 333 g/mol. The third-order valence-electron chi connectivity index (χ3n) is 3.55. The van der Waals surface area contributed by atoms with Crippen LogP contribution in [0.15, 0.2) is 0 Å². The zero-order valence-corrected chi connectivity index (χ0v) is 14.5. The molecule has 0 aliphatic carbocycles. The van der Waals surface area contributed by atoms with E-state index in [9.17, 15) is 4.79 Å². The number of carbonyl (C=O) groups is 1. The quantitative estimate of drug-likeness (QED) is 0.337. The zero-order valence-electron chi connectivity index (χ0n) is 12.9. The molecule has 2 nitrogen and oxygen atoms in total. The highest BCUT2D eigenvalue weighted by molar-refractivity contribution is 9.09. The summed E-state index contributed by atoms with van der Waals surface area (Å²) in [5, 5.41) is 1.00. The fourth-order valence-corrected chi connectivity index (χ4v) is 2.57. The van der Waals surface area contributed by atoms with Crippen molar-refractivity contribution in [3.63, 3.8) is 0 Å². The molecule has 114 valence electrons. The lowest BCUT2D eigenvalue weighted by Crippen LogP contribution is -2.27. The van der Waals surface area contributed by atoms with Gasteiger partial charge in [0.1, 0.15) is 0 Å². The smallest absolute Gasteiger partial charge is 0.222 e. The van der Waals surface area contributed by atoms with E-state index < -0.39 is 0 Å². The molecule has 0 aromatic rings. The van der Waals surface area contributed by atoms with Crippen LogP contribution in [0.4, 0.5) is 0 Å². The molecule has 0 fully saturated rings. The van der Waals surface area contributed by atoms with Crippen molar-refractivity contribution >= 4 is 21.8 Å². The van der Waals surface area contributed by atoms with Crippen LogP contribution < -0.4 is 0 Å². The first-order chi connectivity index (χ1) is 9.22. The second-order valence-electron chi connectivity index (χ2n) is 5.44. The van der Waals surface area contributed by atoms with Crippen LogP contribution >= 0.6 is 15.9 Å². The summed E-state index contributed by atoms with van der Waals surface area (Å²) in [6.07, 6.45) is 13.4. The van der Waals surface area contributed by atoms with Crippen LogP contribution in [-0.2, 0) is 4.79 Å². The summed E-state index contributed by atoms with van der Waals surface area (Å²) >= 11 is 3.39. The summed E-state index contributed by atoms with van der Waals surface area (Å²) in [6.45, 7) is 3.19. The SMILES string of the molecule is CCCCCCCCCCN(C)C(=O)CCCCBr. The van der Waals surface area contributed by atoms with E-state index in [0.717, 1.165) is 31.1 Å².